The van der Waals surface area contributed by atoms with Crippen molar-refractivity contribution in [3.8, 4) is 21.9 Å². The summed E-state index contributed by atoms with van der Waals surface area (Å²) in [5.41, 5.74) is 1.52. The van der Waals surface area contributed by atoms with E-state index in [1.165, 1.54) is 35.6 Å². The third kappa shape index (κ3) is 3.34. The Bertz CT molecular complexity index is 921. The van der Waals surface area contributed by atoms with E-state index in [-0.39, 0.29) is 11.7 Å². The van der Waals surface area contributed by atoms with Gasteiger partial charge in [-0.05, 0) is 60.2 Å². The molecule has 1 N–H and O–H groups in total. The van der Waals surface area contributed by atoms with Gasteiger partial charge in [0.25, 0.3) is 5.91 Å². The van der Waals surface area contributed by atoms with E-state index in [9.17, 15) is 9.18 Å². The average Bonchev–Trinajstić information content (AvgIpc) is 3.13. The van der Waals surface area contributed by atoms with Crippen LogP contribution < -0.4 is 14.8 Å². The van der Waals surface area contributed by atoms with Gasteiger partial charge in [-0.3, -0.25) is 4.79 Å². The molecule has 4 nitrogen and oxygen atoms in total. The topological polar surface area (TPSA) is 47.6 Å². The number of carbonyl (C=O) groups is 1. The lowest BCUT2D eigenvalue weighted by molar-refractivity contribution is 0.103. The van der Waals surface area contributed by atoms with Crippen molar-refractivity contribution in [2.75, 3.05) is 18.5 Å². The molecule has 0 bridgehead atoms. The van der Waals surface area contributed by atoms with Gasteiger partial charge in [-0.2, -0.15) is 0 Å². The van der Waals surface area contributed by atoms with Crippen molar-refractivity contribution >= 4 is 22.9 Å². The van der Waals surface area contributed by atoms with Gasteiger partial charge in [-0.15, -0.1) is 11.3 Å². The summed E-state index contributed by atoms with van der Waals surface area (Å²) in [4.78, 5) is 13.9. The molecular weight excluding hydrogens is 341 g/mol. The zero-order valence-corrected chi connectivity index (χ0v) is 13.9. The number of benzene rings is 2. The molecule has 1 aliphatic heterocycles. The predicted molar refractivity (Wildman–Crippen MR) is 95.1 cm³/mol. The molecule has 126 valence electrons. The first-order valence-electron chi connectivity index (χ1n) is 7.76. The van der Waals surface area contributed by atoms with Crippen molar-refractivity contribution in [2.24, 2.45) is 0 Å². The third-order valence-electron chi connectivity index (χ3n) is 3.76. The number of rotatable bonds is 3. The summed E-state index contributed by atoms with van der Waals surface area (Å²) in [5.74, 6) is 0.894. The van der Waals surface area contributed by atoms with Gasteiger partial charge >= 0.3 is 0 Å². The van der Waals surface area contributed by atoms with Crippen LogP contribution in [0.2, 0.25) is 0 Å². The Morgan fingerprint density at radius 1 is 0.960 bits per heavy atom. The lowest BCUT2D eigenvalue weighted by atomic mass is 10.1. The number of nitrogens with one attached hydrogen (secondary N) is 1. The maximum Gasteiger partial charge on any atom is 0.265 e. The lowest BCUT2D eigenvalue weighted by Gasteiger charge is -2.18. The van der Waals surface area contributed by atoms with Crippen molar-refractivity contribution in [3.63, 3.8) is 0 Å². The molecule has 0 unspecified atom stereocenters. The van der Waals surface area contributed by atoms with Gasteiger partial charge in [0.1, 0.15) is 19.0 Å². The molecule has 3 aromatic rings. The Morgan fingerprint density at radius 2 is 1.72 bits per heavy atom. The summed E-state index contributed by atoms with van der Waals surface area (Å²) in [5, 5.41) is 2.76. The Kier molecular flexibility index (Phi) is 4.11. The number of ether oxygens (including phenoxy) is 2. The minimum absolute atomic E-state index is 0.222. The van der Waals surface area contributed by atoms with Crippen LogP contribution in [0.3, 0.4) is 0 Å². The fraction of sp³-hybridized carbons (Fsp3) is 0.105. The van der Waals surface area contributed by atoms with Crippen molar-refractivity contribution in [1.29, 1.82) is 0 Å². The van der Waals surface area contributed by atoms with Crippen LogP contribution in [0, 0.1) is 5.82 Å². The van der Waals surface area contributed by atoms with Crippen LogP contribution in [0.25, 0.3) is 10.4 Å². The van der Waals surface area contributed by atoms with Crippen LogP contribution >= 0.6 is 11.3 Å². The van der Waals surface area contributed by atoms with Crippen molar-refractivity contribution in [2.45, 2.75) is 0 Å². The molecule has 0 spiro atoms. The molecule has 0 atom stereocenters. The van der Waals surface area contributed by atoms with E-state index in [1.54, 1.807) is 6.07 Å². The normalized spacial score (nSPS) is 12.7. The van der Waals surface area contributed by atoms with Gasteiger partial charge in [-0.25, -0.2) is 4.39 Å². The van der Waals surface area contributed by atoms with Crippen molar-refractivity contribution in [3.05, 3.63) is 65.3 Å². The number of carbonyl (C=O) groups excluding carboxylic acids is 1. The Morgan fingerprint density at radius 3 is 2.52 bits per heavy atom. The molecule has 0 aliphatic carbocycles. The molecule has 1 aromatic heterocycles. The second-order valence-corrected chi connectivity index (χ2v) is 6.57. The largest absolute Gasteiger partial charge is 0.486 e. The highest BCUT2D eigenvalue weighted by molar-refractivity contribution is 7.17. The van der Waals surface area contributed by atoms with E-state index in [4.69, 9.17) is 9.47 Å². The monoisotopic (exact) mass is 355 g/mol. The summed E-state index contributed by atoms with van der Waals surface area (Å²) in [6.45, 7) is 1.09. The summed E-state index contributed by atoms with van der Waals surface area (Å²) in [6, 6.07) is 15.1. The molecule has 25 heavy (non-hydrogen) atoms. The fourth-order valence-corrected chi connectivity index (χ4v) is 3.44. The summed E-state index contributed by atoms with van der Waals surface area (Å²) in [6.07, 6.45) is 0. The second kappa shape index (κ2) is 6.57. The number of anilines is 1. The highest BCUT2D eigenvalue weighted by Crippen LogP contribution is 2.37. The first-order valence-corrected chi connectivity index (χ1v) is 8.57. The predicted octanol–water partition coefficient (Wildman–Crippen LogP) is 4.58. The van der Waals surface area contributed by atoms with Crippen LogP contribution in [0.1, 0.15) is 9.67 Å². The number of hydrogen-bond donors (Lipinski definition) is 1. The average molecular weight is 355 g/mol. The first kappa shape index (κ1) is 15.7. The van der Waals surface area contributed by atoms with Crippen LogP contribution in [-0.2, 0) is 0 Å². The number of amides is 1. The summed E-state index contributed by atoms with van der Waals surface area (Å²) < 4.78 is 24.0. The number of halogens is 1. The van der Waals surface area contributed by atoms with Crippen LogP contribution in [0.4, 0.5) is 10.1 Å². The molecule has 6 heteroatoms. The Balaban J connectivity index is 1.53. The SMILES string of the molecule is O=C(Nc1ccc(F)cc1)c1ccc(-c2ccc3c(c2)OCCO3)s1. The minimum Gasteiger partial charge on any atom is -0.486 e. The number of hydrogen-bond acceptors (Lipinski definition) is 4. The van der Waals surface area contributed by atoms with Crippen LogP contribution in [0.15, 0.2) is 54.6 Å². The molecule has 0 saturated carbocycles. The van der Waals surface area contributed by atoms with Crippen LogP contribution in [-0.4, -0.2) is 19.1 Å². The quantitative estimate of drug-likeness (QED) is 0.748. The molecular formula is C19H14FNO3S. The van der Waals surface area contributed by atoms with Gasteiger partial charge in [0.2, 0.25) is 0 Å². The summed E-state index contributed by atoms with van der Waals surface area (Å²) in [7, 11) is 0. The zero-order valence-electron chi connectivity index (χ0n) is 13.1. The van der Waals surface area contributed by atoms with E-state index >= 15 is 0 Å². The van der Waals surface area contributed by atoms with E-state index in [0.29, 0.717) is 23.8 Å². The van der Waals surface area contributed by atoms with Crippen molar-refractivity contribution < 1.29 is 18.7 Å². The van der Waals surface area contributed by atoms with E-state index in [0.717, 1.165) is 21.9 Å². The first-order chi connectivity index (χ1) is 12.2. The molecule has 0 radical (unpaired) electrons. The highest BCUT2D eigenvalue weighted by atomic mass is 32.1. The summed E-state index contributed by atoms with van der Waals surface area (Å²) >= 11 is 1.38. The van der Waals surface area contributed by atoms with Gasteiger partial charge in [-0.1, -0.05) is 0 Å². The number of thiophene rings is 1. The molecule has 0 saturated heterocycles. The standard InChI is InChI=1S/C19H14FNO3S/c20-13-2-4-14(5-3-13)21-19(22)18-8-7-17(25-18)12-1-6-15-16(11-12)24-10-9-23-15/h1-8,11H,9-10H2,(H,21,22). The van der Waals surface area contributed by atoms with Gasteiger partial charge in [0, 0.05) is 10.6 Å². The molecule has 2 aromatic carbocycles. The fourth-order valence-electron chi connectivity index (χ4n) is 2.54. The third-order valence-corrected chi connectivity index (χ3v) is 4.89. The molecule has 0 fully saturated rings. The van der Waals surface area contributed by atoms with E-state index in [1.807, 2.05) is 24.3 Å². The lowest BCUT2D eigenvalue weighted by Crippen LogP contribution is -2.15. The zero-order chi connectivity index (χ0) is 17.2. The smallest absolute Gasteiger partial charge is 0.265 e. The van der Waals surface area contributed by atoms with E-state index < -0.39 is 0 Å². The molecule has 2 heterocycles. The highest BCUT2D eigenvalue weighted by Gasteiger charge is 2.15. The molecule has 4 rings (SSSR count). The van der Waals surface area contributed by atoms with E-state index in [2.05, 4.69) is 5.32 Å². The van der Waals surface area contributed by atoms with Crippen LogP contribution in [0.5, 0.6) is 11.5 Å². The van der Waals surface area contributed by atoms with Crippen molar-refractivity contribution in [1.82, 2.24) is 0 Å². The maximum absolute atomic E-state index is 12.9. The molecule has 1 aliphatic rings. The van der Waals surface area contributed by atoms with Gasteiger partial charge in [0.15, 0.2) is 11.5 Å². The number of fused-ring (bicyclic) bond motifs is 1. The second-order valence-electron chi connectivity index (χ2n) is 5.48. The maximum atomic E-state index is 12.9. The van der Waals surface area contributed by atoms with Gasteiger partial charge < -0.3 is 14.8 Å². The Hall–Kier alpha value is -2.86. The minimum atomic E-state index is -0.338. The molecule has 1 amide bonds. The van der Waals surface area contributed by atoms with Gasteiger partial charge in [0.05, 0.1) is 4.88 Å². The Labute approximate surface area is 147 Å².